The van der Waals surface area contributed by atoms with Crippen molar-refractivity contribution in [3.05, 3.63) is 134 Å². The number of fused-ring (bicyclic) bond motifs is 11. The van der Waals surface area contributed by atoms with Gasteiger partial charge in [-0.2, -0.15) is 0 Å². The monoisotopic (exact) mass is 566 g/mol. The number of benzene rings is 6. The van der Waals surface area contributed by atoms with E-state index in [1.165, 1.54) is 0 Å². The van der Waals surface area contributed by atoms with E-state index in [0.29, 0.717) is 0 Å². The lowest BCUT2D eigenvalue weighted by Crippen LogP contribution is -2.09. The van der Waals surface area contributed by atoms with Gasteiger partial charge in [0.25, 0.3) is 0 Å². The van der Waals surface area contributed by atoms with Gasteiger partial charge in [-0.05, 0) is 66.0 Å². The first-order valence-corrected chi connectivity index (χ1v) is 14.6. The average Bonchev–Trinajstić information content (AvgIpc) is 3.75. The summed E-state index contributed by atoms with van der Waals surface area (Å²) in [5, 5.41) is 8.60. The molecule has 44 heavy (non-hydrogen) atoms. The standard InChI is InChI=1S/C39H22N2O3/c1-3-7-34-27(5-1)29-15-12-25(20-37(29)42-34)41(26-13-16-30-28-6-2-4-8-35(28)43-38(30)21-26)24-11-9-23-10-14-31-33-22-40-18-17-36(33)44-39(31)32(23)19-24/h1-22H. The van der Waals surface area contributed by atoms with Crippen molar-refractivity contribution in [3.8, 4) is 0 Å². The van der Waals surface area contributed by atoms with Crippen LogP contribution in [0.3, 0.4) is 0 Å². The maximum Gasteiger partial charge on any atom is 0.143 e. The van der Waals surface area contributed by atoms with Crippen LogP contribution in [-0.2, 0) is 0 Å². The van der Waals surface area contributed by atoms with E-state index in [9.17, 15) is 0 Å². The molecule has 0 atom stereocenters. The molecule has 0 bridgehead atoms. The molecule has 0 saturated carbocycles. The van der Waals surface area contributed by atoms with Crippen LogP contribution in [0.2, 0.25) is 0 Å². The molecule has 4 aromatic heterocycles. The fraction of sp³-hybridized carbons (Fsp3) is 0. The molecule has 206 valence electrons. The summed E-state index contributed by atoms with van der Waals surface area (Å²) < 4.78 is 19.0. The molecule has 0 radical (unpaired) electrons. The fourth-order valence-electron chi connectivity index (χ4n) is 6.68. The van der Waals surface area contributed by atoms with Crippen molar-refractivity contribution < 1.29 is 13.3 Å². The van der Waals surface area contributed by atoms with Gasteiger partial charge in [-0.25, -0.2) is 0 Å². The highest BCUT2D eigenvalue weighted by Gasteiger charge is 2.19. The van der Waals surface area contributed by atoms with Crippen LogP contribution in [-0.4, -0.2) is 4.98 Å². The summed E-state index contributed by atoms with van der Waals surface area (Å²) in [6.07, 6.45) is 3.64. The van der Waals surface area contributed by atoms with Gasteiger partial charge in [-0.1, -0.05) is 48.5 Å². The predicted molar refractivity (Wildman–Crippen MR) is 178 cm³/mol. The van der Waals surface area contributed by atoms with Gasteiger partial charge in [-0.3, -0.25) is 4.98 Å². The van der Waals surface area contributed by atoms with Crippen LogP contribution in [0.5, 0.6) is 0 Å². The smallest absolute Gasteiger partial charge is 0.143 e. The predicted octanol–water partition coefficient (Wildman–Crippen LogP) is 11.4. The minimum Gasteiger partial charge on any atom is -0.456 e. The molecule has 5 heteroatoms. The fourth-order valence-corrected chi connectivity index (χ4v) is 6.68. The van der Waals surface area contributed by atoms with Crippen molar-refractivity contribution in [2.45, 2.75) is 0 Å². The van der Waals surface area contributed by atoms with Gasteiger partial charge in [0.2, 0.25) is 0 Å². The lowest BCUT2D eigenvalue weighted by atomic mass is 10.0. The number of pyridine rings is 1. The largest absolute Gasteiger partial charge is 0.456 e. The number of hydrogen-bond acceptors (Lipinski definition) is 5. The Morgan fingerprint density at radius 1 is 0.409 bits per heavy atom. The van der Waals surface area contributed by atoms with Gasteiger partial charge in [0, 0.05) is 79.3 Å². The van der Waals surface area contributed by atoms with E-state index in [-0.39, 0.29) is 0 Å². The van der Waals surface area contributed by atoms with Crippen molar-refractivity contribution in [2.24, 2.45) is 0 Å². The van der Waals surface area contributed by atoms with Crippen LogP contribution < -0.4 is 4.90 Å². The molecule has 0 aliphatic rings. The van der Waals surface area contributed by atoms with E-state index >= 15 is 0 Å². The molecule has 0 N–H and O–H groups in total. The Balaban J connectivity index is 1.23. The Kier molecular flexibility index (Phi) is 4.66. The average molecular weight is 567 g/mol. The third-order valence-electron chi connectivity index (χ3n) is 8.74. The summed E-state index contributed by atoms with van der Waals surface area (Å²) in [6.45, 7) is 0. The van der Waals surface area contributed by atoms with Crippen LogP contribution in [0.1, 0.15) is 0 Å². The highest BCUT2D eigenvalue weighted by Crippen LogP contribution is 2.43. The second-order valence-electron chi connectivity index (χ2n) is 11.2. The second kappa shape index (κ2) is 8.72. The second-order valence-corrected chi connectivity index (χ2v) is 11.2. The van der Waals surface area contributed by atoms with E-state index in [4.69, 9.17) is 13.3 Å². The van der Waals surface area contributed by atoms with Crippen molar-refractivity contribution in [2.75, 3.05) is 4.90 Å². The Labute approximate surface area is 250 Å². The molecule has 10 aromatic rings. The minimum atomic E-state index is 0.829. The number of aromatic nitrogens is 1. The molecule has 0 saturated heterocycles. The third-order valence-corrected chi connectivity index (χ3v) is 8.74. The van der Waals surface area contributed by atoms with Gasteiger partial charge >= 0.3 is 0 Å². The highest BCUT2D eigenvalue weighted by molar-refractivity contribution is 6.15. The zero-order chi connectivity index (χ0) is 28.8. The molecule has 6 aromatic carbocycles. The van der Waals surface area contributed by atoms with E-state index in [0.717, 1.165) is 93.7 Å². The van der Waals surface area contributed by atoms with Crippen LogP contribution in [0.15, 0.2) is 147 Å². The molecule has 5 nitrogen and oxygen atoms in total. The van der Waals surface area contributed by atoms with E-state index in [1.807, 2.05) is 48.7 Å². The Morgan fingerprint density at radius 3 is 1.66 bits per heavy atom. The SMILES string of the molecule is c1ccc2c(c1)oc1cc(N(c3ccc4c(c3)oc3ccccc34)c3ccc4ccc5c6cnccc6oc5c4c3)ccc12. The summed E-state index contributed by atoms with van der Waals surface area (Å²) in [6, 6.07) is 41.9. The zero-order valence-electron chi connectivity index (χ0n) is 23.3. The van der Waals surface area contributed by atoms with Gasteiger partial charge in [0.05, 0.1) is 0 Å². The molecule has 0 unspecified atom stereocenters. The Morgan fingerprint density at radius 2 is 0.955 bits per heavy atom. The number of anilines is 3. The molecule has 4 heterocycles. The highest BCUT2D eigenvalue weighted by atomic mass is 16.3. The topological polar surface area (TPSA) is 55.6 Å². The van der Waals surface area contributed by atoms with Crippen molar-refractivity contribution in [3.63, 3.8) is 0 Å². The summed E-state index contributed by atoms with van der Waals surface area (Å²) >= 11 is 0. The van der Waals surface area contributed by atoms with Crippen LogP contribution in [0.4, 0.5) is 17.1 Å². The minimum absolute atomic E-state index is 0.829. The van der Waals surface area contributed by atoms with E-state index in [1.54, 1.807) is 6.20 Å². The molecule has 10 rings (SSSR count). The lowest BCUT2D eigenvalue weighted by Gasteiger charge is -2.25. The summed E-state index contributed by atoms with van der Waals surface area (Å²) in [5.74, 6) is 0. The lowest BCUT2D eigenvalue weighted by molar-refractivity contribution is 0.669. The van der Waals surface area contributed by atoms with Crippen molar-refractivity contribution >= 4 is 93.7 Å². The molecule has 0 aliphatic carbocycles. The molecular weight excluding hydrogens is 544 g/mol. The quantitative estimate of drug-likeness (QED) is 0.213. The van der Waals surface area contributed by atoms with Gasteiger partial charge < -0.3 is 18.2 Å². The first-order chi connectivity index (χ1) is 21.8. The zero-order valence-corrected chi connectivity index (χ0v) is 23.3. The van der Waals surface area contributed by atoms with E-state index < -0.39 is 0 Å². The normalized spacial score (nSPS) is 12.1. The Bertz CT molecular complexity index is 2630. The number of hydrogen-bond donors (Lipinski definition) is 0. The third kappa shape index (κ3) is 3.32. The molecule has 0 fully saturated rings. The van der Waals surface area contributed by atoms with Gasteiger partial charge in [0.15, 0.2) is 0 Å². The van der Waals surface area contributed by atoms with Crippen LogP contribution in [0.25, 0.3) is 76.6 Å². The number of para-hydroxylation sites is 2. The van der Waals surface area contributed by atoms with Gasteiger partial charge in [0.1, 0.15) is 33.5 Å². The number of rotatable bonds is 3. The molecular formula is C39H22N2O3. The summed E-state index contributed by atoms with van der Waals surface area (Å²) in [7, 11) is 0. The van der Waals surface area contributed by atoms with Crippen LogP contribution >= 0.6 is 0 Å². The maximum atomic E-state index is 6.41. The summed E-state index contributed by atoms with van der Waals surface area (Å²) in [4.78, 5) is 6.59. The number of nitrogens with zero attached hydrogens (tertiary/aromatic N) is 2. The molecule has 0 aliphatic heterocycles. The van der Waals surface area contributed by atoms with Crippen molar-refractivity contribution in [1.82, 2.24) is 4.98 Å². The van der Waals surface area contributed by atoms with E-state index in [2.05, 4.69) is 88.7 Å². The first kappa shape index (κ1) is 23.5. The van der Waals surface area contributed by atoms with Gasteiger partial charge in [-0.15, -0.1) is 0 Å². The number of furan rings is 3. The summed E-state index contributed by atoms with van der Waals surface area (Å²) in [5.41, 5.74) is 8.07. The Hall–Kier alpha value is -6.07. The first-order valence-electron chi connectivity index (χ1n) is 14.6. The van der Waals surface area contributed by atoms with Crippen LogP contribution in [0, 0.1) is 0 Å². The molecule has 0 spiro atoms. The van der Waals surface area contributed by atoms with Crippen molar-refractivity contribution in [1.29, 1.82) is 0 Å². The molecule has 0 amide bonds. The maximum absolute atomic E-state index is 6.41.